The molecule has 1 saturated heterocycles. The van der Waals surface area contributed by atoms with Gasteiger partial charge in [-0.3, -0.25) is 9.69 Å². The molecule has 0 radical (unpaired) electrons. The molecule has 5 heteroatoms. The first-order valence-electron chi connectivity index (χ1n) is 6.13. The Morgan fingerprint density at radius 1 is 1.33 bits per heavy atom. The molecule has 0 spiro atoms. The van der Waals surface area contributed by atoms with Gasteiger partial charge in [-0.15, -0.1) is 12.6 Å². The average Bonchev–Trinajstić information content (AvgIpc) is 2.40. The summed E-state index contributed by atoms with van der Waals surface area (Å²) < 4.78 is 0. The van der Waals surface area contributed by atoms with E-state index in [0.717, 1.165) is 24.5 Å². The summed E-state index contributed by atoms with van der Waals surface area (Å²) >= 11 is 6.29. The molecule has 0 aromatic heterocycles. The molecule has 2 rings (SSSR count). The number of nitrogens with one attached hydrogen (secondary N) is 1. The van der Waals surface area contributed by atoms with Crippen molar-refractivity contribution in [3.05, 3.63) is 29.8 Å². The summed E-state index contributed by atoms with van der Waals surface area (Å²) in [7, 11) is 0. The van der Waals surface area contributed by atoms with Crippen LogP contribution in [0.5, 0.6) is 0 Å². The minimum atomic E-state index is -0.0352. The van der Waals surface area contributed by atoms with Gasteiger partial charge in [0.25, 0.3) is 5.91 Å². The van der Waals surface area contributed by atoms with Crippen LogP contribution in [0.2, 0.25) is 0 Å². The first kappa shape index (κ1) is 13.8. The molecule has 1 aliphatic rings. The van der Waals surface area contributed by atoms with Crippen LogP contribution < -0.4 is 5.32 Å². The van der Waals surface area contributed by atoms with E-state index in [-0.39, 0.29) is 5.91 Å². The van der Waals surface area contributed by atoms with Crippen molar-refractivity contribution in [2.75, 3.05) is 37.7 Å². The highest BCUT2D eigenvalue weighted by Gasteiger charge is 2.11. The van der Waals surface area contributed by atoms with Crippen molar-refractivity contribution in [3.63, 3.8) is 0 Å². The normalized spacial score (nSPS) is 16.5. The molecule has 18 heavy (non-hydrogen) atoms. The molecule has 0 aliphatic carbocycles. The van der Waals surface area contributed by atoms with Gasteiger partial charge >= 0.3 is 0 Å². The van der Waals surface area contributed by atoms with Crippen LogP contribution in [0.3, 0.4) is 0 Å². The highest BCUT2D eigenvalue weighted by molar-refractivity contribution is 7.99. The van der Waals surface area contributed by atoms with E-state index in [9.17, 15) is 4.79 Å². The van der Waals surface area contributed by atoms with Crippen LogP contribution in [0, 0.1) is 0 Å². The molecule has 1 fully saturated rings. The molecule has 0 saturated carbocycles. The Hall–Kier alpha value is -0.650. The van der Waals surface area contributed by atoms with Crippen LogP contribution in [0.4, 0.5) is 0 Å². The van der Waals surface area contributed by atoms with Crippen molar-refractivity contribution >= 4 is 30.3 Å². The maximum absolute atomic E-state index is 11.9. The summed E-state index contributed by atoms with van der Waals surface area (Å²) in [6.07, 6.45) is 0. The predicted molar refractivity (Wildman–Crippen MR) is 79.8 cm³/mol. The van der Waals surface area contributed by atoms with E-state index in [1.165, 1.54) is 11.5 Å². The molecular weight excluding hydrogens is 264 g/mol. The van der Waals surface area contributed by atoms with Gasteiger partial charge < -0.3 is 5.32 Å². The van der Waals surface area contributed by atoms with Gasteiger partial charge in [0.05, 0.1) is 5.56 Å². The van der Waals surface area contributed by atoms with Gasteiger partial charge in [0.1, 0.15) is 0 Å². The highest BCUT2D eigenvalue weighted by atomic mass is 32.2. The third-order valence-electron chi connectivity index (χ3n) is 2.97. The Morgan fingerprint density at radius 2 is 2.06 bits per heavy atom. The number of hydrogen-bond acceptors (Lipinski definition) is 4. The van der Waals surface area contributed by atoms with E-state index >= 15 is 0 Å². The minimum absolute atomic E-state index is 0.0352. The van der Waals surface area contributed by atoms with Crippen LogP contribution in [0.1, 0.15) is 10.4 Å². The Bertz CT molecular complexity index is 406. The van der Waals surface area contributed by atoms with Crippen molar-refractivity contribution < 1.29 is 4.79 Å². The lowest BCUT2D eigenvalue weighted by Gasteiger charge is -2.26. The number of thioether (sulfide) groups is 1. The van der Waals surface area contributed by atoms with Gasteiger partial charge in [-0.05, 0) is 12.1 Å². The number of carbonyl (C=O) groups is 1. The van der Waals surface area contributed by atoms with Gasteiger partial charge in [-0.1, -0.05) is 12.1 Å². The Morgan fingerprint density at radius 3 is 2.78 bits per heavy atom. The largest absolute Gasteiger partial charge is 0.351 e. The van der Waals surface area contributed by atoms with Gasteiger partial charge in [0, 0.05) is 42.6 Å². The summed E-state index contributed by atoms with van der Waals surface area (Å²) in [5, 5.41) is 2.95. The third-order valence-corrected chi connectivity index (χ3v) is 4.30. The molecule has 3 nitrogen and oxygen atoms in total. The van der Waals surface area contributed by atoms with Crippen LogP contribution in [0.25, 0.3) is 0 Å². The molecule has 1 heterocycles. The fraction of sp³-hybridized carbons (Fsp3) is 0.462. The summed E-state index contributed by atoms with van der Waals surface area (Å²) in [5.74, 6) is 2.37. The molecule has 1 aromatic rings. The number of carbonyl (C=O) groups excluding carboxylic acids is 1. The Labute approximate surface area is 118 Å². The SMILES string of the molecule is O=C(NCCN1CCSCC1)c1ccccc1S. The lowest BCUT2D eigenvalue weighted by atomic mass is 10.2. The smallest absolute Gasteiger partial charge is 0.252 e. The van der Waals surface area contributed by atoms with Crippen LogP contribution in [-0.2, 0) is 0 Å². The zero-order valence-corrected chi connectivity index (χ0v) is 12.0. The van der Waals surface area contributed by atoms with E-state index in [4.69, 9.17) is 0 Å². The lowest BCUT2D eigenvalue weighted by Crippen LogP contribution is -2.39. The minimum Gasteiger partial charge on any atom is -0.351 e. The maximum Gasteiger partial charge on any atom is 0.252 e. The van der Waals surface area contributed by atoms with Crippen molar-refractivity contribution in [3.8, 4) is 0 Å². The topological polar surface area (TPSA) is 32.3 Å². The molecular formula is C13H18N2OS2. The number of amides is 1. The molecule has 1 N–H and O–H groups in total. The third kappa shape index (κ3) is 3.93. The molecule has 0 unspecified atom stereocenters. The van der Waals surface area contributed by atoms with Gasteiger partial charge in [-0.25, -0.2) is 0 Å². The van der Waals surface area contributed by atoms with Crippen molar-refractivity contribution in [2.45, 2.75) is 4.90 Å². The standard InChI is InChI=1S/C13H18N2OS2/c16-13(11-3-1-2-4-12(11)17)14-5-6-15-7-9-18-10-8-15/h1-4,17H,5-10H2,(H,14,16). The number of rotatable bonds is 4. The molecule has 0 bridgehead atoms. The van der Waals surface area contributed by atoms with E-state index in [1.54, 1.807) is 6.07 Å². The van der Waals surface area contributed by atoms with Crippen LogP contribution in [0.15, 0.2) is 29.2 Å². The van der Waals surface area contributed by atoms with Crippen LogP contribution in [-0.4, -0.2) is 48.5 Å². The van der Waals surface area contributed by atoms with Crippen molar-refractivity contribution in [2.24, 2.45) is 0 Å². The zero-order valence-electron chi connectivity index (χ0n) is 10.3. The maximum atomic E-state index is 11.9. The second kappa shape index (κ2) is 7.07. The number of nitrogens with zero attached hydrogens (tertiary/aromatic N) is 1. The van der Waals surface area contributed by atoms with Gasteiger partial charge in [0.2, 0.25) is 0 Å². The van der Waals surface area contributed by atoms with E-state index in [1.807, 2.05) is 30.0 Å². The van der Waals surface area contributed by atoms with E-state index < -0.39 is 0 Å². The first-order valence-corrected chi connectivity index (χ1v) is 7.74. The van der Waals surface area contributed by atoms with Crippen LogP contribution >= 0.6 is 24.4 Å². The number of benzene rings is 1. The first-order chi connectivity index (χ1) is 8.77. The second-order valence-electron chi connectivity index (χ2n) is 4.23. The van der Waals surface area contributed by atoms with Crippen molar-refractivity contribution in [1.82, 2.24) is 10.2 Å². The molecule has 1 aromatic carbocycles. The monoisotopic (exact) mass is 282 g/mol. The molecule has 98 valence electrons. The lowest BCUT2D eigenvalue weighted by molar-refractivity contribution is 0.0946. The predicted octanol–water partition coefficient (Wildman–Crippen LogP) is 1.75. The molecule has 1 amide bonds. The summed E-state index contributed by atoms with van der Waals surface area (Å²) in [5.41, 5.74) is 0.648. The average molecular weight is 282 g/mol. The van der Waals surface area contributed by atoms with Gasteiger partial charge in [-0.2, -0.15) is 11.8 Å². The Balaban J connectivity index is 1.76. The second-order valence-corrected chi connectivity index (χ2v) is 5.93. The van der Waals surface area contributed by atoms with E-state index in [0.29, 0.717) is 12.1 Å². The number of thiol groups is 1. The van der Waals surface area contributed by atoms with Gasteiger partial charge in [0.15, 0.2) is 0 Å². The summed E-state index contributed by atoms with van der Waals surface area (Å²) in [6, 6.07) is 7.37. The van der Waals surface area contributed by atoms with E-state index in [2.05, 4.69) is 22.8 Å². The zero-order chi connectivity index (χ0) is 12.8. The Kier molecular flexibility index (Phi) is 5.41. The summed E-state index contributed by atoms with van der Waals surface area (Å²) in [6.45, 7) is 3.89. The fourth-order valence-electron chi connectivity index (χ4n) is 1.91. The summed E-state index contributed by atoms with van der Waals surface area (Å²) in [4.78, 5) is 15.0. The number of hydrogen-bond donors (Lipinski definition) is 2. The molecule has 0 atom stereocenters. The highest BCUT2D eigenvalue weighted by Crippen LogP contribution is 2.12. The van der Waals surface area contributed by atoms with Crippen molar-refractivity contribution in [1.29, 1.82) is 0 Å². The fourth-order valence-corrected chi connectivity index (χ4v) is 3.15. The quantitative estimate of drug-likeness (QED) is 0.825. The molecule has 1 aliphatic heterocycles.